The summed E-state index contributed by atoms with van der Waals surface area (Å²) in [5.74, 6) is 1.08. The second-order valence-electron chi connectivity index (χ2n) is 3.08. The van der Waals surface area contributed by atoms with Crippen molar-refractivity contribution in [3.63, 3.8) is 0 Å². The van der Waals surface area contributed by atoms with E-state index in [1.54, 1.807) is 22.6 Å². The molecule has 0 aliphatic heterocycles. The summed E-state index contributed by atoms with van der Waals surface area (Å²) >= 11 is 1.80. The molecule has 0 saturated heterocycles. The molecule has 0 spiro atoms. The van der Waals surface area contributed by atoms with Crippen LogP contribution in [0.15, 0.2) is 18.5 Å². The predicted octanol–water partition coefficient (Wildman–Crippen LogP) is 0.197. The fraction of sp³-hybridized carbons (Fsp3) is 0.667. The quantitative estimate of drug-likeness (QED) is 0.638. The Kier molecular flexibility index (Phi) is 5.66. The Bertz CT molecular complexity index is 228. The van der Waals surface area contributed by atoms with Crippen molar-refractivity contribution in [2.75, 3.05) is 25.1 Å². The maximum atomic E-state index is 9.59. The molecular formula is C9H17N3OS. The third-order valence-corrected chi connectivity index (χ3v) is 2.43. The average Bonchev–Trinajstić information content (AvgIpc) is 2.65. The van der Waals surface area contributed by atoms with Crippen molar-refractivity contribution in [1.82, 2.24) is 15.1 Å². The molecule has 1 aromatic rings. The number of rotatable bonds is 7. The lowest BCUT2D eigenvalue weighted by Crippen LogP contribution is -2.31. The van der Waals surface area contributed by atoms with E-state index in [0.717, 1.165) is 12.3 Å². The highest BCUT2D eigenvalue weighted by Crippen LogP contribution is 1.91. The molecule has 4 nitrogen and oxygen atoms in total. The molecule has 0 bridgehead atoms. The van der Waals surface area contributed by atoms with Crippen molar-refractivity contribution >= 4 is 11.8 Å². The molecule has 1 aromatic heterocycles. The summed E-state index contributed by atoms with van der Waals surface area (Å²) in [6.07, 6.45) is 5.28. The molecule has 0 aliphatic carbocycles. The molecule has 14 heavy (non-hydrogen) atoms. The fourth-order valence-electron chi connectivity index (χ4n) is 1.13. The number of hydrogen-bond acceptors (Lipinski definition) is 4. The van der Waals surface area contributed by atoms with Crippen LogP contribution in [0.1, 0.15) is 0 Å². The van der Waals surface area contributed by atoms with E-state index in [1.807, 2.05) is 12.3 Å². The molecule has 0 saturated carbocycles. The summed E-state index contributed by atoms with van der Waals surface area (Å²) in [6, 6.07) is 1.86. The minimum Gasteiger partial charge on any atom is -0.390 e. The largest absolute Gasteiger partial charge is 0.390 e. The summed E-state index contributed by atoms with van der Waals surface area (Å²) in [4.78, 5) is 0. The van der Waals surface area contributed by atoms with Gasteiger partial charge in [0.15, 0.2) is 0 Å². The van der Waals surface area contributed by atoms with Gasteiger partial charge in [-0.15, -0.1) is 0 Å². The number of aliphatic hydroxyl groups excluding tert-OH is 1. The summed E-state index contributed by atoms with van der Waals surface area (Å²) in [7, 11) is 0. The third kappa shape index (κ3) is 4.64. The van der Waals surface area contributed by atoms with Crippen molar-refractivity contribution in [1.29, 1.82) is 0 Å². The number of nitrogens with zero attached hydrogens (tertiary/aromatic N) is 2. The van der Waals surface area contributed by atoms with Gasteiger partial charge >= 0.3 is 0 Å². The highest BCUT2D eigenvalue weighted by Gasteiger charge is 2.03. The molecular weight excluding hydrogens is 198 g/mol. The number of aliphatic hydroxyl groups is 1. The van der Waals surface area contributed by atoms with Crippen LogP contribution in [0.2, 0.25) is 0 Å². The van der Waals surface area contributed by atoms with Gasteiger partial charge in [-0.3, -0.25) is 4.68 Å². The van der Waals surface area contributed by atoms with Gasteiger partial charge in [-0.05, 0) is 12.3 Å². The van der Waals surface area contributed by atoms with Crippen LogP contribution in [0.25, 0.3) is 0 Å². The lowest BCUT2D eigenvalue weighted by atomic mass is 10.3. The van der Waals surface area contributed by atoms with Crippen molar-refractivity contribution in [3.8, 4) is 0 Å². The van der Waals surface area contributed by atoms with E-state index in [1.165, 1.54) is 0 Å². The maximum Gasteiger partial charge on any atom is 0.0860 e. The summed E-state index contributed by atoms with van der Waals surface area (Å²) in [6.45, 7) is 2.12. The Morgan fingerprint density at radius 3 is 3.14 bits per heavy atom. The van der Waals surface area contributed by atoms with E-state index in [2.05, 4.69) is 16.7 Å². The van der Waals surface area contributed by atoms with Gasteiger partial charge in [0.25, 0.3) is 0 Å². The highest BCUT2D eigenvalue weighted by molar-refractivity contribution is 7.98. The highest BCUT2D eigenvalue weighted by atomic mass is 32.2. The molecule has 0 aromatic carbocycles. The molecule has 1 unspecified atom stereocenters. The lowest BCUT2D eigenvalue weighted by molar-refractivity contribution is 0.147. The minimum atomic E-state index is -0.364. The van der Waals surface area contributed by atoms with Gasteiger partial charge in [-0.2, -0.15) is 16.9 Å². The summed E-state index contributed by atoms with van der Waals surface area (Å²) in [5.41, 5.74) is 0. The van der Waals surface area contributed by atoms with E-state index in [9.17, 15) is 5.11 Å². The number of nitrogens with one attached hydrogen (secondary N) is 1. The van der Waals surface area contributed by atoms with Gasteiger partial charge in [0.05, 0.1) is 12.6 Å². The molecule has 0 amide bonds. The van der Waals surface area contributed by atoms with Crippen molar-refractivity contribution < 1.29 is 5.11 Å². The molecule has 5 heteroatoms. The molecule has 0 fully saturated rings. The normalized spacial score (nSPS) is 13.0. The van der Waals surface area contributed by atoms with Gasteiger partial charge in [0.1, 0.15) is 0 Å². The first kappa shape index (κ1) is 11.6. The molecule has 1 heterocycles. The first-order valence-corrected chi connectivity index (χ1v) is 6.07. The number of aromatic nitrogens is 2. The third-order valence-electron chi connectivity index (χ3n) is 1.82. The molecule has 0 aliphatic rings. The predicted molar refractivity (Wildman–Crippen MR) is 59.5 cm³/mol. The van der Waals surface area contributed by atoms with Gasteiger partial charge < -0.3 is 10.4 Å². The number of hydrogen-bond donors (Lipinski definition) is 2. The van der Waals surface area contributed by atoms with Crippen LogP contribution in [0, 0.1) is 0 Å². The standard InChI is InChI=1S/C9H17N3OS/c1-14-6-4-10-7-9(13)8-12-5-2-3-11-12/h2-3,5,9-10,13H,4,6-8H2,1H3. The van der Waals surface area contributed by atoms with Crippen LogP contribution in [-0.4, -0.2) is 46.1 Å². The first-order valence-electron chi connectivity index (χ1n) is 4.68. The van der Waals surface area contributed by atoms with Crippen molar-refractivity contribution in [2.24, 2.45) is 0 Å². The van der Waals surface area contributed by atoms with Crippen LogP contribution in [0.5, 0.6) is 0 Å². The second kappa shape index (κ2) is 6.86. The zero-order chi connectivity index (χ0) is 10.2. The van der Waals surface area contributed by atoms with Crippen LogP contribution in [0.3, 0.4) is 0 Å². The van der Waals surface area contributed by atoms with E-state index in [4.69, 9.17) is 0 Å². The van der Waals surface area contributed by atoms with Gasteiger partial charge in [0, 0.05) is 31.2 Å². The zero-order valence-electron chi connectivity index (χ0n) is 8.39. The zero-order valence-corrected chi connectivity index (χ0v) is 9.20. The molecule has 2 N–H and O–H groups in total. The van der Waals surface area contributed by atoms with Gasteiger partial charge in [-0.1, -0.05) is 0 Å². The SMILES string of the molecule is CSCCNCC(O)Cn1cccn1. The summed E-state index contributed by atoms with van der Waals surface area (Å²) in [5, 5.41) is 16.8. The second-order valence-corrected chi connectivity index (χ2v) is 4.06. The fourth-order valence-corrected chi connectivity index (χ4v) is 1.48. The lowest BCUT2D eigenvalue weighted by Gasteiger charge is -2.11. The Morgan fingerprint density at radius 1 is 1.64 bits per heavy atom. The van der Waals surface area contributed by atoms with Crippen LogP contribution >= 0.6 is 11.8 Å². The minimum absolute atomic E-state index is 0.364. The topological polar surface area (TPSA) is 50.1 Å². The molecule has 80 valence electrons. The van der Waals surface area contributed by atoms with Crippen LogP contribution in [0.4, 0.5) is 0 Å². The van der Waals surface area contributed by atoms with Gasteiger partial charge in [-0.25, -0.2) is 0 Å². The van der Waals surface area contributed by atoms with Crippen LogP contribution in [-0.2, 0) is 6.54 Å². The monoisotopic (exact) mass is 215 g/mol. The van der Waals surface area contributed by atoms with Crippen molar-refractivity contribution in [3.05, 3.63) is 18.5 Å². The Balaban J connectivity index is 2.07. The summed E-state index contributed by atoms with van der Waals surface area (Å²) < 4.78 is 1.74. The molecule has 1 rings (SSSR count). The van der Waals surface area contributed by atoms with Gasteiger partial charge in [0.2, 0.25) is 0 Å². The Labute approximate surface area is 88.7 Å². The Hall–Kier alpha value is -0.520. The molecule has 1 atom stereocenters. The first-order chi connectivity index (χ1) is 6.83. The van der Waals surface area contributed by atoms with E-state index in [-0.39, 0.29) is 6.10 Å². The smallest absolute Gasteiger partial charge is 0.0860 e. The number of thioether (sulfide) groups is 1. The van der Waals surface area contributed by atoms with E-state index < -0.39 is 0 Å². The maximum absolute atomic E-state index is 9.59. The van der Waals surface area contributed by atoms with Crippen molar-refractivity contribution in [2.45, 2.75) is 12.6 Å². The van der Waals surface area contributed by atoms with Crippen LogP contribution < -0.4 is 5.32 Å². The molecule has 0 radical (unpaired) electrons. The Morgan fingerprint density at radius 2 is 2.50 bits per heavy atom. The van der Waals surface area contributed by atoms with E-state index in [0.29, 0.717) is 13.1 Å². The van der Waals surface area contributed by atoms with E-state index >= 15 is 0 Å². The average molecular weight is 215 g/mol.